The van der Waals surface area contributed by atoms with Crippen LogP contribution < -0.4 is 0 Å². The number of amides is 1. The Hall–Kier alpha value is -1.66. The predicted molar refractivity (Wildman–Crippen MR) is 85.0 cm³/mol. The maximum absolute atomic E-state index is 12.7. The van der Waals surface area contributed by atoms with Crippen molar-refractivity contribution in [2.45, 2.75) is 26.7 Å². The van der Waals surface area contributed by atoms with E-state index in [9.17, 15) is 9.90 Å². The number of thiazole rings is 1. The van der Waals surface area contributed by atoms with Crippen LogP contribution in [-0.2, 0) is 0 Å². The molecule has 1 fully saturated rings. The lowest BCUT2D eigenvalue weighted by atomic mass is 9.99. The molecule has 1 aliphatic heterocycles. The van der Waals surface area contributed by atoms with E-state index in [2.05, 4.69) is 4.98 Å². The van der Waals surface area contributed by atoms with Crippen molar-refractivity contribution < 1.29 is 14.3 Å². The van der Waals surface area contributed by atoms with Crippen LogP contribution in [0.15, 0.2) is 16.5 Å². The number of nitrogens with zero attached hydrogens (tertiary/aromatic N) is 2. The van der Waals surface area contributed by atoms with Crippen LogP contribution in [0.1, 0.15) is 34.0 Å². The minimum absolute atomic E-state index is 0.0164. The molecule has 2 aromatic heterocycles. The van der Waals surface area contributed by atoms with E-state index in [0.717, 1.165) is 35.8 Å². The molecule has 0 saturated carbocycles. The van der Waals surface area contributed by atoms with E-state index in [1.54, 1.807) is 0 Å². The van der Waals surface area contributed by atoms with Gasteiger partial charge in [0, 0.05) is 19.7 Å². The Balaban J connectivity index is 1.82. The van der Waals surface area contributed by atoms with Gasteiger partial charge in [0.2, 0.25) is 0 Å². The van der Waals surface area contributed by atoms with Crippen molar-refractivity contribution in [3.63, 3.8) is 0 Å². The first-order valence-electron chi connectivity index (χ1n) is 7.53. The molecular weight excluding hydrogens is 300 g/mol. The number of aliphatic hydroxyl groups is 1. The van der Waals surface area contributed by atoms with Crippen LogP contribution in [0.3, 0.4) is 0 Å². The number of furan rings is 1. The zero-order valence-electron chi connectivity index (χ0n) is 12.8. The van der Waals surface area contributed by atoms with Crippen LogP contribution in [0.5, 0.6) is 0 Å². The summed E-state index contributed by atoms with van der Waals surface area (Å²) in [5.41, 5.74) is 0.741. The minimum Gasteiger partial charge on any atom is -0.459 e. The number of piperidine rings is 1. The Morgan fingerprint density at radius 2 is 2.32 bits per heavy atom. The number of aliphatic hydroxyl groups excluding tert-OH is 1. The van der Waals surface area contributed by atoms with E-state index in [1.807, 2.05) is 30.9 Å². The zero-order chi connectivity index (χ0) is 15.7. The second-order valence-corrected chi connectivity index (χ2v) is 6.78. The Morgan fingerprint density at radius 1 is 1.50 bits per heavy atom. The van der Waals surface area contributed by atoms with Crippen molar-refractivity contribution >= 4 is 17.2 Å². The molecule has 6 heteroatoms. The van der Waals surface area contributed by atoms with E-state index >= 15 is 0 Å². The molecule has 0 spiro atoms. The number of carbonyl (C=O) groups is 1. The highest BCUT2D eigenvalue weighted by molar-refractivity contribution is 7.17. The first-order chi connectivity index (χ1) is 10.6. The lowest BCUT2D eigenvalue weighted by Crippen LogP contribution is -2.40. The highest BCUT2D eigenvalue weighted by atomic mass is 32.1. The molecule has 1 aliphatic rings. The molecule has 1 saturated heterocycles. The Bertz CT molecular complexity index is 677. The molecule has 1 atom stereocenters. The van der Waals surface area contributed by atoms with Gasteiger partial charge >= 0.3 is 0 Å². The maximum atomic E-state index is 12.7. The third-order valence-corrected chi connectivity index (χ3v) is 5.17. The average molecular weight is 320 g/mol. The molecule has 2 aromatic rings. The number of aromatic nitrogens is 1. The van der Waals surface area contributed by atoms with Crippen LogP contribution in [-0.4, -0.2) is 40.6 Å². The smallest absolute Gasteiger partial charge is 0.265 e. The van der Waals surface area contributed by atoms with Crippen molar-refractivity contribution in [1.29, 1.82) is 0 Å². The minimum atomic E-state index is 0.0164. The number of carbonyl (C=O) groups excluding carboxylic acids is 1. The van der Waals surface area contributed by atoms with Gasteiger partial charge in [0.05, 0.1) is 5.69 Å². The molecule has 1 unspecified atom stereocenters. The summed E-state index contributed by atoms with van der Waals surface area (Å²) in [6.45, 7) is 5.27. The van der Waals surface area contributed by atoms with Crippen molar-refractivity contribution in [2.24, 2.45) is 5.92 Å². The number of likely N-dealkylation sites (tertiary alicyclic amines) is 1. The van der Waals surface area contributed by atoms with Gasteiger partial charge in [0.15, 0.2) is 10.8 Å². The topological polar surface area (TPSA) is 66.6 Å². The van der Waals surface area contributed by atoms with Gasteiger partial charge in [0.25, 0.3) is 5.91 Å². The fraction of sp³-hybridized carbons (Fsp3) is 0.500. The predicted octanol–water partition coefficient (Wildman–Crippen LogP) is 2.86. The van der Waals surface area contributed by atoms with E-state index in [0.29, 0.717) is 17.2 Å². The van der Waals surface area contributed by atoms with Gasteiger partial charge in [0.1, 0.15) is 10.6 Å². The fourth-order valence-corrected chi connectivity index (χ4v) is 3.79. The number of rotatable bonds is 3. The monoisotopic (exact) mass is 320 g/mol. The van der Waals surface area contributed by atoms with Crippen molar-refractivity contribution in [1.82, 2.24) is 9.88 Å². The summed E-state index contributed by atoms with van der Waals surface area (Å²) < 4.78 is 5.59. The van der Waals surface area contributed by atoms with Crippen molar-refractivity contribution in [2.75, 3.05) is 19.7 Å². The largest absolute Gasteiger partial charge is 0.459 e. The Morgan fingerprint density at radius 3 is 3.00 bits per heavy atom. The van der Waals surface area contributed by atoms with Gasteiger partial charge in [-0.25, -0.2) is 4.98 Å². The quantitative estimate of drug-likeness (QED) is 0.944. The van der Waals surface area contributed by atoms with Crippen molar-refractivity contribution in [3.05, 3.63) is 28.5 Å². The zero-order valence-corrected chi connectivity index (χ0v) is 13.7. The number of hydrogen-bond acceptors (Lipinski definition) is 5. The van der Waals surface area contributed by atoms with Crippen LogP contribution in [0.2, 0.25) is 0 Å². The maximum Gasteiger partial charge on any atom is 0.265 e. The van der Waals surface area contributed by atoms with E-state index < -0.39 is 0 Å². The van der Waals surface area contributed by atoms with Crippen LogP contribution >= 0.6 is 11.3 Å². The fourth-order valence-electron chi connectivity index (χ4n) is 2.79. The molecule has 0 radical (unpaired) electrons. The summed E-state index contributed by atoms with van der Waals surface area (Å²) in [5, 5.41) is 10.1. The molecule has 0 aromatic carbocycles. The van der Waals surface area contributed by atoms with Gasteiger partial charge < -0.3 is 14.4 Å². The molecule has 118 valence electrons. The lowest BCUT2D eigenvalue weighted by Gasteiger charge is -2.31. The first-order valence-corrected chi connectivity index (χ1v) is 8.34. The van der Waals surface area contributed by atoms with E-state index in [-0.39, 0.29) is 18.4 Å². The molecule has 0 aliphatic carbocycles. The van der Waals surface area contributed by atoms with E-state index in [1.165, 1.54) is 11.3 Å². The van der Waals surface area contributed by atoms with Crippen LogP contribution in [0, 0.1) is 19.8 Å². The lowest BCUT2D eigenvalue weighted by molar-refractivity contribution is 0.0624. The van der Waals surface area contributed by atoms with Crippen LogP contribution in [0.4, 0.5) is 0 Å². The molecule has 22 heavy (non-hydrogen) atoms. The third-order valence-electron chi connectivity index (χ3n) is 4.01. The third kappa shape index (κ3) is 2.94. The summed E-state index contributed by atoms with van der Waals surface area (Å²) in [4.78, 5) is 19.7. The SMILES string of the molecule is Cc1ccc(-c2nc(C)c(C(=O)N3CCCC(CO)C3)s2)o1. The average Bonchev–Trinajstić information content (AvgIpc) is 3.12. The van der Waals surface area contributed by atoms with Gasteiger partial charge in [-0.15, -0.1) is 11.3 Å². The summed E-state index contributed by atoms with van der Waals surface area (Å²) in [5.74, 6) is 1.75. The standard InChI is InChI=1S/C16H20N2O3S/c1-10-5-6-13(21-10)15-17-11(2)14(22-15)16(20)18-7-3-4-12(8-18)9-19/h5-6,12,19H,3-4,7-9H2,1-2H3. The number of aryl methyl sites for hydroxylation is 2. The normalized spacial score (nSPS) is 18.7. The van der Waals surface area contributed by atoms with Gasteiger partial charge in [-0.05, 0) is 44.7 Å². The first kappa shape index (κ1) is 15.2. The molecule has 3 rings (SSSR count). The summed E-state index contributed by atoms with van der Waals surface area (Å²) in [6.07, 6.45) is 1.93. The highest BCUT2D eigenvalue weighted by Gasteiger charge is 2.27. The van der Waals surface area contributed by atoms with Gasteiger partial charge in [-0.3, -0.25) is 4.79 Å². The molecule has 1 N–H and O–H groups in total. The summed E-state index contributed by atoms with van der Waals surface area (Å²) in [7, 11) is 0. The number of hydrogen-bond donors (Lipinski definition) is 1. The summed E-state index contributed by atoms with van der Waals surface area (Å²) in [6, 6.07) is 3.77. The molecule has 0 bridgehead atoms. The Kier molecular flexibility index (Phi) is 4.31. The highest BCUT2D eigenvalue weighted by Crippen LogP contribution is 2.30. The van der Waals surface area contributed by atoms with Crippen molar-refractivity contribution in [3.8, 4) is 10.8 Å². The van der Waals surface area contributed by atoms with Crippen LogP contribution in [0.25, 0.3) is 10.8 Å². The molecule has 3 heterocycles. The summed E-state index contributed by atoms with van der Waals surface area (Å²) >= 11 is 1.38. The van der Waals surface area contributed by atoms with Gasteiger partial charge in [-0.2, -0.15) is 0 Å². The molecule has 1 amide bonds. The van der Waals surface area contributed by atoms with Gasteiger partial charge in [-0.1, -0.05) is 0 Å². The second kappa shape index (κ2) is 6.22. The molecule has 5 nitrogen and oxygen atoms in total. The molecular formula is C16H20N2O3S. The van der Waals surface area contributed by atoms with E-state index in [4.69, 9.17) is 4.42 Å². The second-order valence-electron chi connectivity index (χ2n) is 5.79. The Labute approximate surface area is 133 Å².